The van der Waals surface area contributed by atoms with Crippen LogP contribution in [0.4, 0.5) is 10.1 Å². The topological polar surface area (TPSA) is 105 Å². The zero-order chi connectivity index (χ0) is 24.7. The fourth-order valence-electron chi connectivity index (χ4n) is 4.33. The Labute approximate surface area is 200 Å². The molecule has 0 saturated heterocycles. The molecule has 0 fully saturated rings. The summed E-state index contributed by atoms with van der Waals surface area (Å²) in [6.45, 7) is 1.89. The average Bonchev–Trinajstić information content (AvgIpc) is 3.40. The molecule has 178 valence electrons. The number of imidazole rings is 1. The smallest absolute Gasteiger partial charge is 0.274 e. The van der Waals surface area contributed by atoms with Gasteiger partial charge in [0.05, 0.1) is 31.1 Å². The first-order chi connectivity index (χ1) is 16.8. The Kier molecular flexibility index (Phi) is 5.70. The minimum atomic E-state index is -0.806. The number of amides is 2. The van der Waals surface area contributed by atoms with Gasteiger partial charge in [0.15, 0.2) is 0 Å². The van der Waals surface area contributed by atoms with Crippen molar-refractivity contribution in [3.63, 3.8) is 0 Å². The maximum atomic E-state index is 14.5. The van der Waals surface area contributed by atoms with Crippen LogP contribution in [0.3, 0.4) is 0 Å². The third-order valence-electron chi connectivity index (χ3n) is 6.15. The number of aromatic nitrogens is 2. The number of anilines is 1. The second-order valence-corrected chi connectivity index (χ2v) is 8.51. The molecule has 0 spiro atoms. The number of aliphatic hydroxyl groups is 1. The summed E-state index contributed by atoms with van der Waals surface area (Å²) in [4.78, 5) is 30.1. The van der Waals surface area contributed by atoms with Crippen LogP contribution in [0, 0.1) is 12.7 Å². The number of nitrogens with one attached hydrogen (secondary N) is 2. The van der Waals surface area contributed by atoms with E-state index < -0.39 is 29.8 Å². The fraction of sp³-hybridized carbons (Fsp3) is 0.192. The highest BCUT2D eigenvalue weighted by Gasteiger charge is 2.33. The first-order valence-corrected chi connectivity index (χ1v) is 11.0. The highest BCUT2D eigenvalue weighted by Crippen LogP contribution is 2.34. The van der Waals surface area contributed by atoms with E-state index in [9.17, 15) is 19.1 Å². The minimum absolute atomic E-state index is 0.138. The number of aryl methyl sites for hydroxylation is 1. The average molecular weight is 474 g/mol. The van der Waals surface area contributed by atoms with Crippen LogP contribution in [0.25, 0.3) is 5.65 Å². The van der Waals surface area contributed by atoms with Crippen LogP contribution in [-0.2, 0) is 6.42 Å². The highest BCUT2D eigenvalue weighted by molar-refractivity contribution is 6.04. The number of fused-ring (bicyclic) bond motifs is 2. The second kappa shape index (κ2) is 8.84. The Morgan fingerprint density at radius 2 is 1.97 bits per heavy atom. The number of carbonyl (C=O) groups excluding carboxylic acids is 2. The van der Waals surface area contributed by atoms with E-state index in [1.807, 2.05) is 19.1 Å². The van der Waals surface area contributed by atoms with E-state index in [1.165, 1.54) is 18.3 Å². The number of halogens is 1. The SMILES string of the molecule is COc1ccc2c(c1)[C@@H](NC(=O)c1ccc(F)c(NC(=O)c3cnc4ccc(C)cn34)c1)[C@@H](O)C2. The molecule has 4 aromatic rings. The molecule has 8 nitrogen and oxygen atoms in total. The summed E-state index contributed by atoms with van der Waals surface area (Å²) >= 11 is 0. The molecule has 0 aliphatic heterocycles. The Morgan fingerprint density at radius 3 is 2.77 bits per heavy atom. The summed E-state index contributed by atoms with van der Waals surface area (Å²) in [6.07, 6.45) is 2.76. The molecule has 5 rings (SSSR count). The van der Waals surface area contributed by atoms with Crippen LogP contribution >= 0.6 is 0 Å². The number of aliphatic hydroxyl groups excluding tert-OH is 1. The molecule has 9 heteroatoms. The third kappa shape index (κ3) is 4.22. The van der Waals surface area contributed by atoms with Crippen LogP contribution in [0.15, 0.2) is 60.9 Å². The van der Waals surface area contributed by atoms with Gasteiger partial charge < -0.3 is 20.5 Å². The molecule has 0 radical (unpaired) electrons. The first kappa shape index (κ1) is 22.5. The largest absolute Gasteiger partial charge is 0.497 e. The summed E-state index contributed by atoms with van der Waals surface area (Å²) in [7, 11) is 1.54. The van der Waals surface area contributed by atoms with Gasteiger partial charge in [0.1, 0.15) is 22.9 Å². The lowest BCUT2D eigenvalue weighted by molar-refractivity contribution is 0.0857. The van der Waals surface area contributed by atoms with E-state index in [2.05, 4.69) is 15.6 Å². The van der Waals surface area contributed by atoms with E-state index in [1.54, 1.807) is 35.9 Å². The summed E-state index contributed by atoms with van der Waals surface area (Å²) in [5.74, 6) is -1.14. The number of methoxy groups -OCH3 is 1. The molecule has 2 aromatic carbocycles. The molecule has 3 N–H and O–H groups in total. The summed E-state index contributed by atoms with van der Waals surface area (Å²) in [5, 5.41) is 15.9. The van der Waals surface area contributed by atoms with E-state index in [-0.39, 0.29) is 16.9 Å². The number of nitrogens with zero attached hydrogens (tertiary/aromatic N) is 2. The van der Waals surface area contributed by atoms with Crippen LogP contribution < -0.4 is 15.4 Å². The van der Waals surface area contributed by atoms with Gasteiger partial charge in [0.25, 0.3) is 11.8 Å². The van der Waals surface area contributed by atoms with Crippen molar-refractivity contribution in [3.8, 4) is 5.75 Å². The first-order valence-electron chi connectivity index (χ1n) is 11.0. The molecule has 1 aliphatic carbocycles. The van der Waals surface area contributed by atoms with Gasteiger partial charge in [-0.25, -0.2) is 9.37 Å². The molecular weight excluding hydrogens is 451 g/mol. The van der Waals surface area contributed by atoms with E-state index in [4.69, 9.17) is 4.74 Å². The minimum Gasteiger partial charge on any atom is -0.497 e. The van der Waals surface area contributed by atoms with Crippen molar-refractivity contribution in [3.05, 3.63) is 94.7 Å². The van der Waals surface area contributed by atoms with Crippen molar-refractivity contribution in [2.75, 3.05) is 12.4 Å². The zero-order valence-electron chi connectivity index (χ0n) is 19.1. The number of ether oxygens (including phenoxy) is 1. The normalized spacial score (nSPS) is 16.7. The lowest BCUT2D eigenvalue weighted by atomic mass is 10.1. The third-order valence-corrected chi connectivity index (χ3v) is 6.15. The van der Waals surface area contributed by atoms with E-state index in [0.717, 1.165) is 22.8 Å². The Morgan fingerprint density at radius 1 is 1.14 bits per heavy atom. The molecular formula is C26H23FN4O4. The lowest BCUT2D eigenvalue weighted by Gasteiger charge is -2.19. The number of benzene rings is 2. The maximum absolute atomic E-state index is 14.5. The quantitative estimate of drug-likeness (QED) is 0.411. The molecule has 2 aromatic heterocycles. The van der Waals surface area contributed by atoms with Gasteiger partial charge in [-0.15, -0.1) is 0 Å². The summed E-state index contributed by atoms with van der Waals surface area (Å²) in [5.41, 5.74) is 3.43. The van der Waals surface area contributed by atoms with Gasteiger partial charge >= 0.3 is 0 Å². The predicted molar refractivity (Wildman–Crippen MR) is 127 cm³/mol. The van der Waals surface area contributed by atoms with Gasteiger partial charge in [-0.3, -0.25) is 14.0 Å². The molecule has 0 unspecified atom stereocenters. The number of pyridine rings is 1. The second-order valence-electron chi connectivity index (χ2n) is 8.51. The fourth-order valence-corrected chi connectivity index (χ4v) is 4.33. The van der Waals surface area contributed by atoms with Crippen LogP contribution in [0.5, 0.6) is 5.75 Å². The zero-order valence-corrected chi connectivity index (χ0v) is 19.1. The predicted octanol–water partition coefficient (Wildman–Crippen LogP) is 3.43. The van der Waals surface area contributed by atoms with Crippen LogP contribution in [0.2, 0.25) is 0 Å². The highest BCUT2D eigenvalue weighted by atomic mass is 19.1. The molecule has 2 heterocycles. The van der Waals surface area contributed by atoms with E-state index >= 15 is 0 Å². The van der Waals surface area contributed by atoms with Crippen molar-refractivity contribution >= 4 is 23.1 Å². The van der Waals surface area contributed by atoms with Crippen molar-refractivity contribution in [1.82, 2.24) is 14.7 Å². The van der Waals surface area contributed by atoms with Gasteiger partial charge in [0.2, 0.25) is 0 Å². The van der Waals surface area contributed by atoms with Crippen molar-refractivity contribution < 1.29 is 23.8 Å². The Hall–Kier alpha value is -4.24. The molecule has 1 aliphatic rings. The number of hydrogen-bond acceptors (Lipinski definition) is 5. The number of carbonyl (C=O) groups is 2. The van der Waals surface area contributed by atoms with Crippen molar-refractivity contribution in [1.29, 1.82) is 0 Å². The van der Waals surface area contributed by atoms with Gasteiger partial charge in [-0.1, -0.05) is 12.1 Å². The summed E-state index contributed by atoms with van der Waals surface area (Å²) < 4.78 is 21.4. The van der Waals surface area contributed by atoms with Crippen molar-refractivity contribution in [2.45, 2.75) is 25.5 Å². The van der Waals surface area contributed by atoms with Gasteiger partial charge in [0, 0.05) is 18.2 Å². The number of hydrogen-bond donors (Lipinski definition) is 3. The van der Waals surface area contributed by atoms with Crippen molar-refractivity contribution in [2.24, 2.45) is 0 Å². The molecule has 0 saturated carbocycles. The van der Waals surface area contributed by atoms with Gasteiger partial charge in [-0.2, -0.15) is 0 Å². The Bertz CT molecular complexity index is 1470. The maximum Gasteiger partial charge on any atom is 0.274 e. The Balaban J connectivity index is 1.37. The molecule has 2 atom stereocenters. The number of rotatable bonds is 5. The summed E-state index contributed by atoms with van der Waals surface area (Å²) in [6, 6.07) is 12.2. The standard InChI is InChI=1S/C26H23FN4O4/c1-14-3-8-23-28-12-21(31(23)13-14)26(34)29-20-9-16(5-7-19(20)27)25(33)30-24-18-11-17(35-2)6-4-15(18)10-22(24)32/h3-9,11-13,22,24,32H,10H2,1-2H3,(H,29,34)(H,30,33)/t22-,24+/m0/s1. The van der Waals surface area contributed by atoms with Crippen LogP contribution in [0.1, 0.15) is 43.6 Å². The molecule has 35 heavy (non-hydrogen) atoms. The van der Waals surface area contributed by atoms with Gasteiger partial charge in [-0.05, 0) is 60.0 Å². The van der Waals surface area contributed by atoms with E-state index in [0.29, 0.717) is 17.8 Å². The lowest BCUT2D eigenvalue weighted by Crippen LogP contribution is -2.34. The van der Waals surface area contributed by atoms with Crippen LogP contribution in [-0.4, -0.2) is 39.5 Å². The molecule has 0 bridgehead atoms. The monoisotopic (exact) mass is 474 g/mol. The molecule has 2 amide bonds.